The Morgan fingerprint density at radius 1 is 1.08 bits per heavy atom. The summed E-state index contributed by atoms with van der Waals surface area (Å²) < 4.78 is 20.4. The van der Waals surface area contributed by atoms with E-state index in [1.807, 2.05) is 19.0 Å². The fourth-order valence-corrected chi connectivity index (χ4v) is 3.71. The molecule has 0 aliphatic rings. The van der Waals surface area contributed by atoms with E-state index in [1.54, 1.807) is 18.0 Å². The molecule has 0 aliphatic heterocycles. The molecule has 0 saturated carbocycles. The number of ether oxygens (including phenoxy) is 1. The highest BCUT2D eigenvalue weighted by atomic mass is 35.5. The maximum Gasteiger partial charge on any atom is 0.259 e. The van der Waals surface area contributed by atoms with Gasteiger partial charge in [-0.05, 0) is 44.4 Å². The van der Waals surface area contributed by atoms with Crippen LogP contribution in [0, 0.1) is 23.6 Å². The number of nitrogens with one attached hydrogen (secondary N) is 3. The summed E-state index contributed by atoms with van der Waals surface area (Å²) in [6.45, 7) is 1.29. The van der Waals surface area contributed by atoms with Crippen LogP contribution in [0.3, 0.4) is 0 Å². The predicted octanol–water partition coefficient (Wildman–Crippen LogP) is 4.19. The van der Waals surface area contributed by atoms with Gasteiger partial charge in [-0.25, -0.2) is 9.37 Å². The Balaban J connectivity index is 1.86. The van der Waals surface area contributed by atoms with Crippen molar-refractivity contribution in [1.82, 2.24) is 14.8 Å². The van der Waals surface area contributed by atoms with E-state index < -0.39 is 17.6 Å². The first-order valence-electron chi connectivity index (χ1n) is 11.7. The number of rotatable bonds is 9. The van der Waals surface area contributed by atoms with E-state index >= 15 is 4.39 Å². The molecular formula is C28H28ClFN6O3. The summed E-state index contributed by atoms with van der Waals surface area (Å²) in [7, 11) is 6.92. The number of carbonyl (C=O) groups excluding carboxylic acids is 2. The normalized spacial score (nSPS) is 10.5. The zero-order chi connectivity index (χ0) is 28.7. The van der Waals surface area contributed by atoms with E-state index in [0.29, 0.717) is 24.2 Å². The summed E-state index contributed by atoms with van der Waals surface area (Å²) in [5, 5.41) is 13.7. The Hall–Kier alpha value is -4.46. The number of methoxy groups -OCH3 is 1. The maximum atomic E-state index is 15.1. The van der Waals surface area contributed by atoms with Crippen molar-refractivity contribution in [1.29, 1.82) is 5.41 Å². The molecule has 0 bridgehead atoms. The zero-order valence-electron chi connectivity index (χ0n) is 21.9. The molecule has 0 saturated heterocycles. The maximum absolute atomic E-state index is 15.1. The quantitative estimate of drug-likeness (QED) is 0.209. The summed E-state index contributed by atoms with van der Waals surface area (Å²) in [5.74, 6) is 0.573. The Bertz CT molecular complexity index is 1440. The van der Waals surface area contributed by atoms with Gasteiger partial charge in [0.05, 0.1) is 23.9 Å². The molecule has 0 fully saturated rings. The first kappa shape index (κ1) is 29.1. The summed E-state index contributed by atoms with van der Waals surface area (Å²) in [6, 6.07) is 9.79. The molecule has 202 valence electrons. The summed E-state index contributed by atoms with van der Waals surface area (Å²) in [4.78, 5) is 34.0. The number of hydrogen-bond donors (Lipinski definition) is 3. The van der Waals surface area contributed by atoms with Gasteiger partial charge in [0.25, 0.3) is 11.8 Å². The molecule has 3 aromatic rings. The van der Waals surface area contributed by atoms with Crippen molar-refractivity contribution in [3.05, 3.63) is 81.8 Å². The molecule has 0 unspecified atom stereocenters. The summed E-state index contributed by atoms with van der Waals surface area (Å²) in [5.41, 5.74) is 0.532. The topological polar surface area (TPSA) is 111 Å². The molecule has 2 aromatic carbocycles. The van der Waals surface area contributed by atoms with Crippen molar-refractivity contribution in [2.45, 2.75) is 0 Å². The third-order valence-corrected chi connectivity index (χ3v) is 5.91. The van der Waals surface area contributed by atoms with Gasteiger partial charge in [0.15, 0.2) is 0 Å². The van der Waals surface area contributed by atoms with Crippen molar-refractivity contribution in [3.63, 3.8) is 0 Å². The van der Waals surface area contributed by atoms with Gasteiger partial charge in [-0.2, -0.15) is 0 Å². The Labute approximate surface area is 231 Å². The molecule has 0 aliphatic carbocycles. The average molecular weight is 551 g/mol. The van der Waals surface area contributed by atoms with Crippen LogP contribution in [0.4, 0.5) is 15.9 Å². The lowest BCUT2D eigenvalue weighted by Crippen LogP contribution is -2.33. The van der Waals surface area contributed by atoms with E-state index in [9.17, 15) is 9.59 Å². The number of anilines is 2. The number of likely N-dealkylation sites (N-methyl/N-ethyl adjacent to an activating group) is 2. The summed E-state index contributed by atoms with van der Waals surface area (Å²) in [6.07, 6.45) is 6.76. The summed E-state index contributed by atoms with van der Waals surface area (Å²) >= 11 is 6.18. The second-order valence-corrected chi connectivity index (χ2v) is 9.22. The van der Waals surface area contributed by atoms with Crippen molar-refractivity contribution in [2.75, 3.05) is 52.0 Å². The highest BCUT2D eigenvalue weighted by molar-refractivity contribution is 6.31. The van der Waals surface area contributed by atoms with E-state index in [-0.39, 0.29) is 39.2 Å². The third-order valence-electron chi connectivity index (χ3n) is 5.69. The number of carbonyl (C=O) groups is 2. The van der Waals surface area contributed by atoms with Crippen molar-refractivity contribution < 1.29 is 18.7 Å². The number of nitrogens with zero attached hydrogens (tertiary/aromatic N) is 3. The van der Waals surface area contributed by atoms with Crippen LogP contribution in [0.2, 0.25) is 5.02 Å². The number of terminal acetylenes is 1. The van der Waals surface area contributed by atoms with Gasteiger partial charge in [0, 0.05) is 48.5 Å². The van der Waals surface area contributed by atoms with Gasteiger partial charge < -0.3 is 25.2 Å². The number of benzene rings is 2. The third kappa shape index (κ3) is 7.31. The second kappa shape index (κ2) is 12.9. The zero-order valence-corrected chi connectivity index (χ0v) is 22.7. The molecule has 3 N–H and O–H groups in total. The average Bonchev–Trinajstić information content (AvgIpc) is 2.91. The van der Waals surface area contributed by atoms with Gasteiger partial charge in [-0.3, -0.25) is 15.0 Å². The van der Waals surface area contributed by atoms with Crippen LogP contribution >= 0.6 is 11.6 Å². The van der Waals surface area contributed by atoms with E-state index in [1.165, 1.54) is 43.6 Å². The molecule has 9 nitrogen and oxygen atoms in total. The van der Waals surface area contributed by atoms with Crippen molar-refractivity contribution >= 4 is 40.8 Å². The molecule has 39 heavy (non-hydrogen) atoms. The number of halogens is 2. The molecule has 3 rings (SSSR count). The number of amides is 2. The van der Waals surface area contributed by atoms with Crippen molar-refractivity contribution in [2.24, 2.45) is 0 Å². The lowest BCUT2D eigenvalue weighted by molar-refractivity contribution is 0.102. The number of pyridine rings is 1. The van der Waals surface area contributed by atoms with E-state index in [0.717, 1.165) is 6.07 Å². The fourth-order valence-electron chi connectivity index (χ4n) is 3.50. The molecule has 11 heteroatoms. The Kier molecular flexibility index (Phi) is 9.60. The number of aromatic nitrogens is 1. The second-order valence-electron chi connectivity index (χ2n) is 8.78. The fraction of sp³-hybridized carbons (Fsp3) is 0.214. The molecular weight excluding hydrogens is 523 g/mol. The molecule has 0 radical (unpaired) electrons. The van der Waals surface area contributed by atoms with Crippen LogP contribution < -0.4 is 15.4 Å². The smallest absolute Gasteiger partial charge is 0.259 e. The number of hydrogen-bond acceptors (Lipinski definition) is 6. The van der Waals surface area contributed by atoms with Gasteiger partial charge in [0.2, 0.25) is 0 Å². The van der Waals surface area contributed by atoms with Gasteiger partial charge in [-0.15, -0.1) is 6.42 Å². The minimum Gasteiger partial charge on any atom is -0.494 e. The van der Waals surface area contributed by atoms with Gasteiger partial charge in [0.1, 0.15) is 23.2 Å². The SMILES string of the molecule is C#Cc1ccc(NC(=O)c2cc(Cl)cc(OC)c2NC(=O)c2ccc(C(=N)N(C)CCN(C)C)cc2F)nc1. The van der Waals surface area contributed by atoms with Crippen LogP contribution in [0.15, 0.2) is 48.7 Å². The van der Waals surface area contributed by atoms with Crippen LogP contribution in [-0.2, 0) is 0 Å². The van der Waals surface area contributed by atoms with Crippen molar-refractivity contribution in [3.8, 4) is 18.1 Å². The molecule has 0 spiro atoms. The minimum absolute atomic E-state index is 0.00992. The van der Waals surface area contributed by atoms with Crippen LogP contribution in [0.25, 0.3) is 0 Å². The Morgan fingerprint density at radius 3 is 2.38 bits per heavy atom. The number of amidine groups is 1. The highest BCUT2D eigenvalue weighted by Crippen LogP contribution is 2.33. The lowest BCUT2D eigenvalue weighted by Gasteiger charge is -2.22. The van der Waals surface area contributed by atoms with Crippen LogP contribution in [-0.4, -0.2) is 73.8 Å². The first-order chi connectivity index (χ1) is 18.5. The van der Waals surface area contributed by atoms with E-state index in [2.05, 4.69) is 21.5 Å². The standard InChI is InChI=1S/C28H28ClFN6O3/c1-6-17-7-10-24(32-16-17)33-28(38)21-14-19(29)15-23(39-5)25(21)34-27(37)20-9-8-18(13-22(20)30)26(31)36(4)12-11-35(2)3/h1,7-10,13-16,31H,11-12H2,2-5H3,(H,34,37)(H,32,33,38). The molecule has 0 atom stereocenters. The van der Waals surface area contributed by atoms with Gasteiger partial charge in [-0.1, -0.05) is 23.6 Å². The minimum atomic E-state index is -0.826. The largest absolute Gasteiger partial charge is 0.494 e. The van der Waals surface area contributed by atoms with Gasteiger partial charge >= 0.3 is 0 Å². The molecule has 1 aromatic heterocycles. The first-order valence-corrected chi connectivity index (χ1v) is 12.1. The Morgan fingerprint density at radius 2 is 1.79 bits per heavy atom. The molecule has 1 heterocycles. The molecule has 2 amide bonds. The van der Waals surface area contributed by atoms with Crippen LogP contribution in [0.1, 0.15) is 31.8 Å². The predicted molar refractivity (Wildman–Crippen MR) is 150 cm³/mol. The monoisotopic (exact) mass is 550 g/mol. The highest BCUT2D eigenvalue weighted by Gasteiger charge is 2.22. The van der Waals surface area contributed by atoms with Crippen LogP contribution in [0.5, 0.6) is 5.75 Å². The lowest BCUT2D eigenvalue weighted by atomic mass is 10.1. The van der Waals surface area contributed by atoms with E-state index in [4.69, 9.17) is 28.2 Å².